The Balaban J connectivity index is 2.02. The van der Waals surface area contributed by atoms with Crippen molar-refractivity contribution in [2.75, 3.05) is 13.2 Å². The van der Waals surface area contributed by atoms with Crippen LogP contribution in [0.4, 0.5) is 8.78 Å². The molecule has 1 aromatic heterocycles. The summed E-state index contributed by atoms with van der Waals surface area (Å²) in [6, 6.07) is 3.57. The van der Waals surface area contributed by atoms with Crippen molar-refractivity contribution in [3.63, 3.8) is 0 Å². The summed E-state index contributed by atoms with van der Waals surface area (Å²) < 4.78 is 27.6. The van der Waals surface area contributed by atoms with E-state index in [1.54, 1.807) is 25.1 Å². The Morgan fingerprint density at radius 2 is 2.09 bits per heavy atom. The molecule has 1 amide bonds. The molecule has 0 radical (unpaired) electrons. The monoisotopic (exact) mass is 322 g/mol. The lowest BCUT2D eigenvalue weighted by molar-refractivity contribution is -0.0467. The SMILES string of the molecule is Cc1ccc(-n2nccn2)c(C(=O)N2CCC(F)(F)[C@H]2CO)c1. The molecule has 0 aliphatic carbocycles. The number of benzene rings is 1. The number of carbonyl (C=O) groups excluding carboxylic acids is 1. The number of carbonyl (C=O) groups is 1. The van der Waals surface area contributed by atoms with Gasteiger partial charge in [0.1, 0.15) is 6.04 Å². The molecule has 0 bridgehead atoms. The number of likely N-dealkylation sites (tertiary alicyclic amines) is 1. The van der Waals surface area contributed by atoms with E-state index in [1.165, 1.54) is 17.2 Å². The maximum Gasteiger partial charge on any atom is 0.272 e. The molecule has 2 heterocycles. The number of aliphatic hydroxyl groups is 1. The molecule has 1 saturated heterocycles. The van der Waals surface area contributed by atoms with Crippen molar-refractivity contribution in [1.82, 2.24) is 19.9 Å². The van der Waals surface area contributed by atoms with Crippen LogP contribution < -0.4 is 0 Å². The number of aliphatic hydroxyl groups excluding tert-OH is 1. The highest BCUT2D eigenvalue weighted by Crippen LogP contribution is 2.35. The number of rotatable bonds is 3. The van der Waals surface area contributed by atoms with Gasteiger partial charge >= 0.3 is 0 Å². The highest BCUT2D eigenvalue weighted by molar-refractivity contribution is 5.98. The molecular formula is C15H16F2N4O2. The van der Waals surface area contributed by atoms with Crippen molar-refractivity contribution < 1.29 is 18.7 Å². The first-order valence-electron chi connectivity index (χ1n) is 7.21. The third-order valence-corrected chi connectivity index (χ3v) is 4.00. The van der Waals surface area contributed by atoms with E-state index in [4.69, 9.17) is 0 Å². The molecule has 0 unspecified atom stereocenters. The predicted octanol–water partition coefficient (Wildman–Crippen LogP) is 1.42. The van der Waals surface area contributed by atoms with E-state index < -0.39 is 30.9 Å². The second-order valence-electron chi connectivity index (χ2n) is 5.55. The maximum atomic E-state index is 13.8. The van der Waals surface area contributed by atoms with Crippen molar-refractivity contribution in [3.05, 3.63) is 41.7 Å². The van der Waals surface area contributed by atoms with Gasteiger partial charge in [-0.1, -0.05) is 11.6 Å². The molecule has 2 aromatic rings. The van der Waals surface area contributed by atoms with Crippen LogP contribution in [-0.4, -0.2) is 56.0 Å². The lowest BCUT2D eigenvalue weighted by Crippen LogP contribution is -2.45. The van der Waals surface area contributed by atoms with E-state index in [-0.39, 0.29) is 12.1 Å². The first kappa shape index (κ1) is 15.5. The topological polar surface area (TPSA) is 71.2 Å². The molecule has 1 aliphatic rings. The molecule has 23 heavy (non-hydrogen) atoms. The van der Waals surface area contributed by atoms with Crippen LogP contribution in [0.3, 0.4) is 0 Å². The van der Waals surface area contributed by atoms with Crippen LogP contribution in [0.2, 0.25) is 0 Å². The van der Waals surface area contributed by atoms with Gasteiger partial charge in [-0.25, -0.2) is 8.78 Å². The number of hydrogen-bond acceptors (Lipinski definition) is 4. The normalized spacial score (nSPS) is 20.0. The van der Waals surface area contributed by atoms with E-state index in [0.29, 0.717) is 5.69 Å². The van der Waals surface area contributed by atoms with E-state index in [0.717, 1.165) is 10.5 Å². The zero-order valence-corrected chi connectivity index (χ0v) is 12.5. The summed E-state index contributed by atoms with van der Waals surface area (Å²) in [5, 5.41) is 17.3. The molecular weight excluding hydrogens is 306 g/mol. The number of amides is 1. The van der Waals surface area contributed by atoms with Crippen LogP contribution in [0.5, 0.6) is 0 Å². The summed E-state index contributed by atoms with van der Waals surface area (Å²) in [4.78, 5) is 15.1. The first-order valence-corrected chi connectivity index (χ1v) is 7.21. The molecule has 1 aliphatic heterocycles. The first-order chi connectivity index (χ1) is 10.9. The Bertz CT molecular complexity index is 718. The van der Waals surface area contributed by atoms with Gasteiger partial charge in [0.25, 0.3) is 11.8 Å². The van der Waals surface area contributed by atoms with Crippen LogP contribution in [0.1, 0.15) is 22.3 Å². The quantitative estimate of drug-likeness (QED) is 0.928. The molecule has 3 rings (SSSR count). The maximum absolute atomic E-state index is 13.8. The highest BCUT2D eigenvalue weighted by atomic mass is 19.3. The van der Waals surface area contributed by atoms with Gasteiger partial charge < -0.3 is 10.0 Å². The van der Waals surface area contributed by atoms with Crippen molar-refractivity contribution in [2.45, 2.75) is 25.3 Å². The van der Waals surface area contributed by atoms with Crippen molar-refractivity contribution >= 4 is 5.91 Å². The summed E-state index contributed by atoms with van der Waals surface area (Å²) in [5.41, 5.74) is 1.46. The minimum absolute atomic E-state index is 0.100. The van der Waals surface area contributed by atoms with Crippen LogP contribution in [0.15, 0.2) is 30.6 Å². The minimum Gasteiger partial charge on any atom is -0.394 e. The van der Waals surface area contributed by atoms with Gasteiger partial charge in [-0.15, -0.1) is 0 Å². The van der Waals surface area contributed by atoms with Gasteiger partial charge in [0.2, 0.25) is 0 Å². The van der Waals surface area contributed by atoms with Crippen LogP contribution >= 0.6 is 0 Å². The Labute approximate surface area is 131 Å². The highest BCUT2D eigenvalue weighted by Gasteiger charge is 2.50. The second kappa shape index (κ2) is 5.69. The third-order valence-electron chi connectivity index (χ3n) is 4.00. The number of nitrogens with zero attached hydrogens (tertiary/aromatic N) is 4. The lowest BCUT2D eigenvalue weighted by atomic mass is 10.1. The molecule has 122 valence electrons. The molecule has 1 atom stereocenters. The average molecular weight is 322 g/mol. The molecule has 1 aromatic carbocycles. The van der Waals surface area contributed by atoms with Gasteiger partial charge in [0.05, 0.1) is 30.3 Å². The molecule has 6 nitrogen and oxygen atoms in total. The van der Waals surface area contributed by atoms with Gasteiger partial charge in [-0.3, -0.25) is 4.79 Å². The third kappa shape index (κ3) is 2.70. The standard InChI is InChI=1S/C15H16F2N4O2/c1-10-2-3-12(21-18-5-6-19-21)11(8-10)14(23)20-7-4-15(16,17)13(20)9-22/h2-3,5-6,8,13,22H,4,7,9H2,1H3/t13-/m1/s1. The van der Waals surface area contributed by atoms with E-state index in [2.05, 4.69) is 10.2 Å². The van der Waals surface area contributed by atoms with Crippen LogP contribution in [0, 0.1) is 6.92 Å². The second-order valence-corrected chi connectivity index (χ2v) is 5.55. The van der Waals surface area contributed by atoms with Crippen molar-refractivity contribution in [2.24, 2.45) is 0 Å². The van der Waals surface area contributed by atoms with Gasteiger partial charge in [0, 0.05) is 13.0 Å². The fourth-order valence-corrected chi connectivity index (χ4v) is 2.79. The van der Waals surface area contributed by atoms with Crippen molar-refractivity contribution in [1.29, 1.82) is 0 Å². The van der Waals surface area contributed by atoms with Gasteiger partial charge in [-0.05, 0) is 19.1 Å². The lowest BCUT2D eigenvalue weighted by Gasteiger charge is -2.26. The zero-order chi connectivity index (χ0) is 16.6. The van der Waals surface area contributed by atoms with E-state index in [1.807, 2.05) is 0 Å². The summed E-state index contributed by atoms with van der Waals surface area (Å²) in [6.07, 6.45) is 2.48. The van der Waals surface area contributed by atoms with Crippen LogP contribution in [-0.2, 0) is 0 Å². The summed E-state index contributed by atoms with van der Waals surface area (Å²) in [7, 11) is 0. The molecule has 0 saturated carbocycles. The van der Waals surface area contributed by atoms with Crippen LogP contribution in [0.25, 0.3) is 5.69 Å². The fraction of sp³-hybridized carbons (Fsp3) is 0.400. The smallest absolute Gasteiger partial charge is 0.272 e. The number of aryl methyl sites for hydroxylation is 1. The van der Waals surface area contributed by atoms with Gasteiger partial charge in [0.15, 0.2) is 0 Å². The molecule has 1 N–H and O–H groups in total. The number of alkyl halides is 2. The summed E-state index contributed by atoms with van der Waals surface area (Å²) in [5.74, 6) is -3.64. The Kier molecular flexibility index (Phi) is 3.85. The molecule has 0 spiro atoms. The Morgan fingerprint density at radius 1 is 1.39 bits per heavy atom. The predicted molar refractivity (Wildman–Crippen MR) is 77.6 cm³/mol. The zero-order valence-electron chi connectivity index (χ0n) is 12.5. The fourth-order valence-electron chi connectivity index (χ4n) is 2.79. The van der Waals surface area contributed by atoms with Gasteiger partial charge in [-0.2, -0.15) is 15.0 Å². The summed E-state index contributed by atoms with van der Waals surface area (Å²) >= 11 is 0. The molecule has 8 heteroatoms. The number of hydrogen-bond donors (Lipinski definition) is 1. The van der Waals surface area contributed by atoms with E-state index in [9.17, 15) is 18.7 Å². The molecule has 1 fully saturated rings. The largest absolute Gasteiger partial charge is 0.394 e. The Morgan fingerprint density at radius 3 is 2.74 bits per heavy atom. The Hall–Kier alpha value is -2.35. The number of halogens is 2. The van der Waals surface area contributed by atoms with E-state index >= 15 is 0 Å². The average Bonchev–Trinajstić information content (AvgIpc) is 3.13. The number of aromatic nitrogens is 3. The van der Waals surface area contributed by atoms with Crippen molar-refractivity contribution in [3.8, 4) is 5.69 Å². The minimum atomic E-state index is -3.08. The summed E-state index contributed by atoms with van der Waals surface area (Å²) in [6.45, 7) is 0.927.